The summed E-state index contributed by atoms with van der Waals surface area (Å²) in [6, 6.07) is 12.8. The van der Waals surface area contributed by atoms with E-state index in [-0.39, 0.29) is 17.8 Å². The molecule has 0 radical (unpaired) electrons. The first-order chi connectivity index (χ1) is 12.7. The van der Waals surface area contributed by atoms with Crippen molar-refractivity contribution in [2.45, 2.75) is 37.8 Å². The Labute approximate surface area is 155 Å². The molecule has 0 amide bonds. The molecular weight excluding hydrogens is 352 g/mol. The molecule has 0 unspecified atom stereocenters. The number of aromatic nitrogens is 3. The summed E-state index contributed by atoms with van der Waals surface area (Å²) in [6.07, 6.45) is 5.15. The highest BCUT2D eigenvalue weighted by Gasteiger charge is 2.26. The molecule has 6 nitrogen and oxygen atoms in total. The number of ether oxygens (including phenoxy) is 1. The van der Waals surface area contributed by atoms with Gasteiger partial charge in [-0.15, -0.1) is 5.10 Å². The summed E-state index contributed by atoms with van der Waals surface area (Å²) < 4.78 is 9.17. The van der Waals surface area contributed by atoms with E-state index in [0.29, 0.717) is 22.0 Å². The lowest BCUT2D eigenvalue weighted by molar-refractivity contribution is 0.128. The summed E-state index contributed by atoms with van der Waals surface area (Å²) in [5.41, 5.74) is 1.01. The molecule has 0 saturated heterocycles. The normalized spacial score (nSPS) is 20.0. The fourth-order valence-electron chi connectivity index (χ4n) is 3.44. The van der Waals surface area contributed by atoms with Gasteiger partial charge >= 0.3 is 5.69 Å². The van der Waals surface area contributed by atoms with Crippen LogP contribution in [0.3, 0.4) is 0 Å². The molecule has 7 heteroatoms. The predicted octanol–water partition coefficient (Wildman–Crippen LogP) is 3.58. The van der Waals surface area contributed by atoms with Crippen LogP contribution < -0.4 is 10.4 Å². The number of benzene rings is 1. The van der Waals surface area contributed by atoms with Crippen LogP contribution in [0, 0.1) is 11.3 Å². The second-order valence-corrected chi connectivity index (χ2v) is 6.87. The zero-order valence-electron chi connectivity index (χ0n) is 14.0. The Morgan fingerprint density at radius 3 is 2.69 bits per heavy atom. The second kappa shape index (κ2) is 6.85. The smallest absolute Gasteiger partial charge is 0.350 e. The highest BCUT2D eigenvalue weighted by atomic mass is 35.5. The average molecular weight is 369 g/mol. The van der Waals surface area contributed by atoms with Crippen molar-refractivity contribution >= 4 is 17.2 Å². The molecular formula is C19H17ClN4O2. The Balaban J connectivity index is 1.44. The zero-order valence-corrected chi connectivity index (χ0v) is 14.8. The van der Waals surface area contributed by atoms with E-state index in [1.807, 2.05) is 24.3 Å². The molecule has 0 bridgehead atoms. The van der Waals surface area contributed by atoms with E-state index in [9.17, 15) is 4.79 Å². The monoisotopic (exact) mass is 368 g/mol. The highest BCUT2D eigenvalue weighted by Crippen LogP contribution is 2.31. The molecule has 2 aromatic heterocycles. The number of fused-ring (bicyclic) bond motifs is 1. The van der Waals surface area contributed by atoms with Crippen molar-refractivity contribution < 1.29 is 4.74 Å². The van der Waals surface area contributed by atoms with Gasteiger partial charge in [-0.2, -0.15) is 5.26 Å². The highest BCUT2D eigenvalue weighted by molar-refractivity contribution is 6.31. The van der Waals surface area contributed by atoms with E-state index in [1.165, 1.54) is 0 Å². The molecule has 1 aliphatic rings. The van der Waals surface area contributed by atoms with Crippen molar-refractivity contribution in [2.75, 3.05) is 0 Å². The topological polar surface area (TPSA) is 72.3 Å². The SMILES string of the molecule is N#Cc1ccc(O[C@H]2CC[C@H](n3nc4ccccn4c3=O)CC2)cc1Cl. The Kier molecular flexibility index (Phi) is 4.39. The van der Waals surface area contributed by atoms with Crippen LogP contribution in [0.1, 0.15) is 37.3 Å². The molecule has 1 fully saturated rings. The number of rotatable bonds is 3. The maximum absolute atomic E-state index is 12.5. The largest absolute Gasteiger partial charge is 0.490 e. The van der Waals surface area contributed by atoms with Gasteiger partial charge in [0.2, 0.25) is 0 Å². The van der Waals surface area contributed by atoms with E-state index < -0.39 is 0 Å². The minimum absolute atomic E-state index is 0.0722. The fourth-order valence-corrected chi connectivity index (χ4v) is 3.65. The van der Waals surface area contributed by atoms with Crippen molar-refractivity contribution in [1.29, 1.82) is 5.26 Å². The second-order valence-electron chi connectivity index (χ2n) is 6.46. The van der Waals surface area contributed by atoms with E-state index in [2.05, 4.69) is 5.10 Å². The van der Waals surface area contributed by atoms with E-state index in [1.54, 1.807) is 33.5 Å². The first-order valence-corrected chi connectivity index (χ1v) is 8.96. The third kappa shape index (κ3) is 3.06. The van der Waals surface area contributed by atoms with Gasteiger partial charge in [0.05, 0.1) is 22.7 Å². The summed E-state index contributed by atoms with van der Waals surface area (Å²) in [5, 5.41) is 13.8. The third-order valence-corrected chi connectivity index (χ3v) is 5.12. The predicted molar refractivity (Wildman–Crippen MR) is 97.5 cm³/mol. The van der Waals surface area contributed by atoms with Gasteiger partial charge < -0.3 is 4.74 Å². The molecule has 0 N–H and O–H groups in total. The number of hydrogen-bond donors (Lipinski definition) is 0. The van der Waals surface area contributed by atoms with Crippen LogP contribution >= 0.6 is 11.6 Å². The standard InChI is InChI=1S/C19H17ClN4O2/c20-17-11-16(7-4-13(17)12-21)26-15-8-5-14(6-9-15)24-19(25)23-10-2-1-3-18(23)22-24/h1-4,7,10-11,14-15H,5-6,8-9H2/t14-,15-. The van der Waals surface area contributed by atoms with Crippen LogP contribution in [0.25, 0.3) is 5.65 Å². The van der Waals surface area contributed by atoms with Gasteiger partial charge in [-0.05, 0) is 49.9 Å². The van der Waals surface area contributed by atoms with Gasteiger partial charge in [-0.25, -0.2) is 9.48 Å². The number of hydrogen-bond acceptors (Lipinski definition) is 4. The first-order valence-electron chi connectivity index (χ1n) is 8.58. The van der Waals surface area contributed by atoms with E-state index >= 15 is 0 Å². The van der Waals surface area contributed by atoms with Crippen LogP contribution in [-0.4, -0.2) is 20.3 Å². The van der Waals surface area contributed by atoms with Gasteiger partial charge in [0.1, 0.15) is 11.8 Å². The Hall–Kier alpha value is -2.78. The lowest BCUT2D eigenvalue weighted by Gasteiger charge is -2.28. The maximum Gasteiger partial charge on any atom is 0.350 e. The number of nitrogens with zero attached hydrogens (tertiary/aromatic N) is 4. The first kappa shape index (κ1) is 16.7. The summed E-state index contributed by atoms with van der Waals surface area (Å²) in [6.45, 7) is 0. The third-order valence-electron chi connectivity index (χ3n) is 4.80. The minimum Gasteiger partial charge on any atom is -0.490 e. The Morgan fingerprint density at radius 1 is 1.19 bits per heavy atom. The molecule has 0 aliphatic heterocycles. The van der Waals surface area contributed by atoms with Gasteiger partial charge in [-0.3, -0.25) is 4.40 Å². The van der Waals surface area contributed by atoms with Crippen LogP contribution in [0.5, 0.6) is 5.75 Å². The Morgan fingerprint density at radius 2 is 2.00 bits per heavy atom. The maximum atomic E-state index is 12.5. The van der Waals surface area contributed by atoms with Gasteiger partial charge in [0.15, 0.2) is 5.65 Å². The van der Waals surface area contributed by atoms with E-state index in [4.69, 9.17) is 21.6 Å². The summed E-state index contributed by atoms with van der Waals surface area (Å²) in [5.74, 6) is 0.669. The van der Waals surface area contributed by atoms with Crippen LogP contribution in [-0.2, 0) is 0 Å². The number of halogens is 1. The van der Waals surface area contributed by atoms with Crippen LogP contribution in [0.4, 0.5) is 0 Å². The fraction of sp³-hybridized carbons (Fsp3) is 0.316. The lowest BCUT2D eigenvalue weighted by Crippen LogP contribution is -2.31. The number of nitriles is 1. The zero-order chi connectivity index (χ0) is 18.1. The lowest BCUT2D eigenvalue weighted by atomic mass is 9.93. The molecule has 132 valence electrons. The molecule has 0 atom stereocenters. The molecule has 1 aromatic carbocycles. The molecule has 26 heavy (non-hydrogen) atoms. The average Bonchev–Trinajstić information content (AvgIpc) is 3.00. The molecule has 1 saturated carbocycles. The summed E-state index contributed by atoms with van der Waals surface area (Å²) in [7, 11) is 0. The van der Waals surface area contributed by atoms with E-state index in [0.717, 1.165) is 25.7 Å². The van der Waals surface area contributed by atoms with Crippen molar-refractivity contribution in [2.24, 2.45) is 0 Å². The minimum atomic E-state index is -0.0937. The van der Waals surface area contributed by atoms with Gasteiger partial charge in [-0.1, -0.05) is 17.7 Å². The van der Waals surface area contributed by atoms with Gasteiger partial charge in [0, 0.05) is 12.3 Å². The molecule has 2 heterocycles. The molecule has 4 rings (SSSR count). The van der Waals surface area contributed by atoms with Crippen molar-refractivity contribution in [3.63, 3.8) is 0 Å². The quantitative estimate of drug-likeness (QED) is 0.708. The number of pyridine rings is 1. The molecule has 0 spiro atoms. The van der Waals surface area contributed by atoms with Crippen molar-refractivity contribution in [3.05, 3.63) is 63.7 Å². The summed E-state index contributed by atoms with van der Waals surface area (Å²) in [4.78, 5) is 12.5. The van der Waals surface area contributed by atoms with Crippen molar-refractivity contribution in [3.8, 4) is 11.8 Å². The van der Waals surface area contributed by atoms with Crippen LogP contribution in [0.2, 0.25) is 5.02 Å². The van der Waals surface area contributed by atoms with Gasteiger partial charge in [0.25, 0.3) is 0 Å². The molecule has 3 aromatic rings. The van der Waals surface area contributed by atoms with Crippen LogP contribution in [0.15, 0.2) is 47.4 Å². The van der Waals surface area contributed by atoms with Crippen molar-refractivity contribution in [1.82, 2.24) is 14.2 Å². The molecule has 1 aliphatic carbocycles. The Bertz CT molecular complexity index is 1040. The summed E-state index contributed by atoms with van der Waals surface area (Å²) >= 11 is 6.06.